The number of carboxylic acids is 1. The molecule has 1 aliphatic heterocycles. The molecule has 0 radical (unpaired) electrons. The highest BCUT2D eigenvalue weighted by Gasteiger charge is 2.10. The Morgan fingerprint density at radius 2 is 1.89 bits per heavy atom. The van der Waals surface area contributed by atoms with Gasteiger partial charge in [-0.1, -0.05) is 18.9 Å². The van der Waals surface area contributed by atoms with Crippen molar-refractivity contribution in [1.29, 1.82) is 0 Å². The van der Waals surface area contributed by atoms with Crippen LogP contribution in [0.2, 0.25) is 0 Å². The topological polar surface area (TPSA) is 40.5 Å². The van der Waals surface area contributed by atoms with Crippen LogP contribution in [0, 0.1) is 6.92 Å². The zero-order valence-electron chi connectivity index (χ0n) is 11.4. The van der Waals surface area contributed by atoms with Gasteiger partial charge >= 0.3 is 5.97 Å². The summed E-state index contributed by atoms with van der Waals surface area (Å²) in [5.41, 5.74) is 3.35. The Bertz CT molecular complexity index is 472. The van der Waals surface area contributed by atoms with Crippen molar-refractivity contribution in [3.63, 3.8) is 0 Å². The molecular formula is C16H21NO2. The highest BCUT2D eigenvalue weighted by molar-refractivity contribution is 5.85. The predicted molar refractivity (Wildman–Crippen MR) is 78.5 cm³/mol. The number of carbonyl (C=O) groups is 1. The molecule has 0 amide bonds. The summed E-state index contributed by atoms with van der Waals surface area (Å²) >= 11 is 0. The molecule has 1 heterocycles. The van der Waals surface area contributed by atoms with Gasteiger partial charge in [-0.3, -0.25) is 0 Å². The van der Waals surface area contributed by atoms with Crippen LogP contribution in [0.4, 0.5) is 5.69 Å². The zero-order valence-corrected chi connectivity index (χ0v) is 11.4. The molecule has 0 saturated carbocycles. The molecule has 1 fully saturated rings. The molecule has 3 heteroatoms. The maximum Gasteiger partial charge on any atom is 0.328 e. The SMILES string of the molecule is Cc1cc(N2CCCCCC2)ccc1C=CC(=O)O. The Kier molecular flexibility index (Phi) is 4.61. The smallest absolute Gasteiger partial charge is 0.328 e. The lowest BCUT2D eigenvalue weighted by molar-refractivity contribution is -0.131. The number of hydrogen-bond donors (Lipinski definition) is 1. The van der Waals surface area contributed by atoms with Crippen molar-refractivity contribution in [2.75, 3.05) is 18.0 Å². The largest absolute Gasteiger partial charge is 0.478 e. The van der Waals surface area contributed by atoms with Gasteiger partial charge in [-0.15, -0.1) is 0 Å². The molecule has 1 saturated heterocycles. The van der Waals surface area contributed by atoms with Gasteiger partial charge < -0.3 is 10.0 Å². The first-order valence-corrected chi connectivity index (χ1v) is 6.93. The molecule has 0 atom stereocenters. The minimum atomic E-state index is -0.906. The lowest BCUT2D eigenvalue weighted by Crippen LogP contribution is -2.23. The number of aryl methyl sites for hydroxylation is 1. The van der Waals surface area contributed by atoms with E-state index in [1.165, 1.54) is 37.4 Å². The molecule has 1 N–H and O–H groups in total. The standard InChI is InChI=1S/C16H21NO2/c1-13-12-15(17-10-4-2-3-5-11-17)8-6-14(13)7-9-16(18)19/h6-9,12H,2-5,10-11H2,1H3,(H,18,19). The van der Waals surface area contributed by atoms with E-state index in [2.05, 4.69) is 17.0 Å². The maximum absolute atomic E-state index is 10.5. The van der Waals surface area contributed by atoms with Crippen LogP contribution in [0.15, 0.2) is 24.3 Å². The second-order valence-electron chi connectivity index (χ2n) is 5.11. The monoisotopic (exact) mass is 259 g/mol. The Labute approximate surface area is 114 Å². The van der Waals surface area contributed by atoms with E-state index in [1.807, 2.05) is 13.0 Å². The maximum atomic E-state index is 10.5. The average molecular weight is 259 g/mol. The molecule has 0 unspecified atom stereocenters. The van der Waals surface area contributed by atoms with Gasteiger partial charge in [-0.25, -0.2) is 4.79 Å². The third-order valence-corrected chi connectivity index (χ3v) is 3.63. The summed E-state index contributed by atoms with van der Waals surface area (Å²) in [5, 5.41) is 8.66. The van der Waals surface area contributed by atoms with Gasteiger partial charge in [0.25, 0.3) is 0 Å². The Morgan fingerprint density at radius 1 is 1.21 bits per heavy atom. The Hall–Kier alpha value is -1.77. The van der Waals surface area contributed by atoms with E-state index in [-0.39, 0.29) is 0 Å². The van der Waals surface area contributed by atoms with Crippen molar-refractivity contribution < 1.29 is 9.90 Å². The Morgan fingerprint density at radius 3 is 2.47 bits per heavy atom. The predicted octanol–water partition coefficient (Wildman–Crippen LogP) is 3.47. The van der Waals surface area contributed by atoms with Crippen molar-refractivity contribution in [1.82, 2.24) is 0 Å². The summed E-state index contributed by atoms with van der Waals surface area (Å²) in [6.45, 7) is 4.29. The van der Waals surface area contributed by atoms with Crippen molar-refractivity contribution >= 4 is 17.7 Å². The van der Waals surface area contributed by atoms with E-state index in [0.717, 1.165) is 24.2 Å². The van der Waals surface area contributed by atoms with Gasteiger partial charge in [0.05, 0.1) is 0 Å². The molecule has 0 bridgehead atoms. The van der Waals surface area contributed by atoms with Crippen LogP contribution in [0.1, 0.15) is 36.8 Å². The fraction of sp³-hybridized carbons (Fsp3) is 0.438. The van der Waals surface area contributed by atoms with Crippen LogP contribution in [0.25, 0.3) is 6.08 Å². The lowest BCUT2D eigenvalue weighted by atomic mass is 10.1. The molecule has 3 nitrogen and oxygen atoms in total. The van der Waals surface area contributed by atoms with E-state index in [4.69, 9.17) is 5.11 Å². The number of nitrogens with zero attached hydrogens (tertiary/aromatic N) is 1. The number of aliphatic carboxylic acids is 1. The van der Waals surface area contributed by atoms with Gasteiger partial charge in [-0.2, -0.15) is 0 Å². The molecule has 1 aromatic rings. The van der Waals surface area contributed by atoms with Gasteiger partial charge in [0.1, 0.15) is 0 Å². The first kappa shape index (κ1) is 13.7. The summed E-state index contributed by atoms with van der Waals surface area (Å²) in [6, 6.07) is 6.27. The minimum Gasteiger partial charge on any atom is -0.478 e. The zero-order chi connectivity index (χ0) is 13.7. The lowest BCUT2D eigenvalue weighted by Gasteiger charge is -2.23. The van der Waals surface area contributed by atoms with E-state index >= 15 is 0 Å². The summed E-state index contributed by atoms with van der Waals surface area (Å²) < 4.78 is 0. The van der Waals surface area contributed by atoms with Gasteiger partial charge in [0, 0.05) is 24.9 Å². The molecule has 0 aromatic heterocycles. The number of carboxylic acid groups (broad SMARTS) is 1. The van der Waals surface area contributed by atoms with Crippen LogP contribution < -0.4 is 4.90 Å². The number of anilines is 1. The highest BCUT2D eigenvalue weighted by Crippen LogP contribution is 2.23. The second kappa shape index (κ2) is 6.41. The Balaban J connectivity index is 2.15. The number of rotatable bonds is 3. The van der Waals surface area contributed by atoms with E-state index in [0.29, 0.717) is 0 Å². The number of hydrogen-bond acceptors (Lipinski definition) is 2. The average Bonchev–Trinajstić information content (AvgIpc) is 2.66. The highest BCUT2D eigenvalue weighted by atomic mass is 16.4. The minimum absolute atomic E-state index is 0.906. The van der Waals surface area contributed by atoms with Crippen molar-refractivity contribution in [2.24, 2.45) is 0 Å². The summed E-state index contributed by atoms with van der Waals surface area (Å²) in [7, 11) is 0. The van der Waals surface area contributed by atoms with Crippen molar-refractivity contribution in [3.8, 4) is 0 Å². The van der Waals surface area contributed by atoms with Crippen LogP contribution in [0.5, 0.6) is 0 Å². The van der Waals surface area contributed by atoms with Gasteiger partial charge in [-0.05, 0) is 49.1 Å². The molecule has 1 aromatic carbocycles. The molecule has 0 spiro atoms. The summed E-state index contributed by atoms with van der Waals surface area (Å²) in [6.07, 6.45) is 8.03. The van der Waals surface area contributed by atoms with Crippen molar-refractivity contribution in [3.05, 3.63) is 35.4 Å². The molecular weight excluding hydrogens is 238 g/mol. The normalized spacial score (nSPS) is 16.6. The fourth-order valence-electron chi connectivity index (χ4n) is 2.53. The van der Waals surface area contributed by atoms with Crippen LogP contribution in [0.3, 0.4) is 0 Å². The van der Waals surface area contributed by atoms with Crippen LogP contribution in [-0.4, -0.2) is 24.2 Å². The summed E-state index contributed by atoms with van der Waals surface area (Å²) in [4.78, 5) is 13.0. The molecule has 102 valence electrons. The van der Waals surface area contributed by atoms with E-state index < -0.39 is 5.97 Å². The van der Waals surface area contributed by atoms with Gasteiger partial charge in [0.15, 0.2) is 0 Å². The first-order valence-electron chi connectivity index (χ1n) is 6.93. The van der Waals surface area contributed by atoms with E-state index in [1.54, 1.807) is 6.08 Å². The van der Waals surface area contributed by atoms with Crippen molar-refractivity contribution in [2.45, 2.75) is 32.6 Å². The third kappa shape index (κ3) is 3.85. The molecule has 0 aliphatic carbocycles. The fourth-order valence-corrected chi connectivity index (χ4v) is 2.53. The first-order chi connectivity index (χ1) is 9.16. The van der Waals surface area contributed by atoms with Crippen LogP contribution in [-0.2, 0) is 4.79 Å². The van der Waals surface area contributed by atoms with Crippen LogP contribution >= 0.6 is 0 Å². The molecule has 19 heavy (non-hydrogen) atoms. The number of benzene rings is 1. The molecule has 2 rings (SSSR count). The van der Waals surface area contributed by atoms with E-state index in [9.17, 15) is 4.79 Å². The van der Waals surface area contributed by atoms with Gasteiger partial charge in [0.2, 0.25) is 0 Å². The summed E-state index contributed by atoms with van der Waals surface area (Å²) in [5.74, 6) is -0.906. The third-order valence-electron chi connectivity index (χ3n) is 3.63. The quantitative estimate of drug-likeness (QED) is 0.845. The second-order valence-corrected chi connectivity index (χ2v) is 5.11. The molecule has 1 aliphatic rings.